The summed E-state index contributed by atoms with van der Waals surface area (Å²) in [6.45, 7) is 4.76. The SMILES string of the molecule is CCNC(=NCc1cccs1)NCCCCSC. The lowest BCUT2D eigenvalue weighted by Gasteiger charge is -2.10. The predicted octanol–water partition coefficient (Wildman–Crippen LogP) is 2.95. The minimum atomic E-state index is 0.762. The van der Waals surface area contributed by atoms with Crippen molar-refractivity contribution in [1.82, 2.24) is 10.6 Å². The van der Waals surface area contributed by atoms with Gasteiger partial charge in [0.2, 0.25) is 0 Å². The number of aliphatic imine (C=N–C) groups is 1. The molecule has 0 unspecified atom stereocenters. The highest BCUT2D eigenvalue weighted by atomic mass is 32.2. The molecule has 0 aliphatic carbocycles. The molecular formula is C13H23N3S2. The Balaban J connectivity index is 2.27. The molecule has 0 saturated heterocycles. The van der Waals surface area contributed by atoms with E-state index in [4.69, 9.17) is 0 Å². The van der Waals surface area contributed by atoms with E-state index < -0.39 is 0 Å². The van der Waals surface area contributed by atoms with Crippen molar-refractivity contribution in [2.24, 2.45) is 4.99 Å². The third kappa shape index (κ3) is 6.91. The Morgan fingerprint density at radius 1 is 1.39 bits per heavy atom. The molecule has 0 aliphatic heterocycles. The molecule has 0 saturated carbocycles. The minimum Gasteiger partial charge on any atom is -0.357 e. The first-order valence-corrected chi connectivity index (χ1v) is 8.67. The zero-order chi connectivity index (χ0) is 13.1. The van der Waals surface area contributed by atoms with Crippen LogP contribution in [0.15, 0.2) is 22.5 Å². The van der Waals surface area contributed by atoms with Gasteiger partial charge in [-0.05, 0) is 43.2 Å². The molecule has 1 heterocycles. The Labute approximate surface area is 118 Å². The molecule has 0 aromatic carbocycles. The topological polar surface area (TPSA) is 36.4 Å². The lowest BCUT2D eigenvalue weighted by atomic mass is 10.3. The number of nitrogens with zero attached hydrogens (tertiary/aromatic N) is 1. The van der Waals surface area contributed by atoms with E-state index in [0.29, 0.717) is 0 Å². The van der Waals surface area contributed by atoms with Crippen LogP contribution in [0.25, 0.3) is 0 Å². The van der Waals surface area contributed by atoms with Gasteiger partial charge in [0.15, 0.2) is 5.96 Å². The van der Waals surface area contributed by atoms with Gasteiger partial charge in [0.25, 0.3) is 0 Å². The van der Waals surface area contributed by atoms with E-state index in [-0.39, 0.29) is 0 Å². The second-order valence-corrected chi connectivity index (χ2v) is 5.92. The number of hydrogen-bond donors (Lipinski definition) is 2. The molecule has 1 aromatic rings. The van der Waals surface area contributed by atoms with E-state index in [1.165, 1.54) is 23.5 Å². The van der Waals surface area contributed by atoms with Gasteiger partial charge in [0.05, 0.1) is 6.54 Å². The first-order chi connectivity index (χ1) is 8.86. The highest BCUT2D eigenvalue weighted by Gasteiger charge is 1.97. The smallest absolute Gasteiger partial charge is 0.191 e. The zero-order valence-corrected chi connectivity index (χ0v) is 12.9. The Bertz CT molecular complexity index is 323. The maximum atomic E-state index is 4.57. The molecular weight excluding hydrogens is 262 g/mol. The van der Waals surface area contributed by atoms with Crippen molar-refractivity contribution < 1.29 is 0 Å². The summed E-state index contributed by atoms with van der Waals surface area (Å²) in [5, 5.41) is 8.74. The fourth-order valence-electron chi connectivity index (χ4n) is 1.48. The molecule has 0 amide bonds. The van der Waals surface area contributed by atoms with Crippen molar-refractivity contribution >= 4 is 29.1 Å². The second-order valence-electron chi connectivity index (χ2n) is 3.90. The van der Waals surface area contributed by atoms with Crippen molar-refractivity contribution in [2.75, 3.05) is 25.1 Å². The van der Waals surface area contributed by atoms with Crippen LogP contribution in [-0.4, -0.2) is 31.1 Å². The van der Waals surface area contributed by atoms with Gasteiger partial charge in [-0.15, -0.1) is 11.3 Å². The molecule has 1 aromatic heterocycles. The van der Waals surface area contributed by atoms with Crippen molar-refractivity contribution in [3.8, 4) is 0 Å². The number of thioether (sulfide) groups is 1. The monoisotopic (exact) mass is 285 g/mol. The fraction of sp³-hybridized carbons (Fsp3) is 0.615. The maximum absolute atomic E-state index is 4.57. The van der Waals surface area contributed by atoms with Crippen LogP contribution < -0.4 is 10.6 Å². The first kappa shape index (κ1) is 15.4. The number of nitrogens with one attached hydrogen (secondary N) is 2. The van der Waals surface area contributed by atoms with Crippen LogP contribution in [0.5, 0.6) is 0 Å². The molecule has 5 heteroatoms. The molecule has 3 nitrogen and oxygen atoms in total. The number of hydrogen-bond acceptors (Lipinski definition) is 3. The molecule has 0 fully saturated rings. The van der Waals surface area contributed by atoms with Gasteiger partial charge in [0.1, 0.15) is 0 Å². The van der Waals surface area contributed by atoms with Gasteiger partial charge < -0.3 is 10.6 Å². The highest BCUT2D eigenvalue weighted by molar-refractivity contribution is 7.98. The van der Waals surface area contributed by atoms with Crippen LogP contribution >= 0.6 is 23.1 Å². The summed E-state index contributed by atoms with van der Waals surface area (Å²) in [5.74, 6) is 2.17. The molecule has 2 N–H and O–H groups in total. The van der Waals surface area contributed by atoms with Crippen LogP contribution in [-0.2, 0) is 6.54 Å². The second kappa shape index (κ2) is 10.3. The lowest BCUT2D eigenvalue weighted by molar-refractivity contribution is 0.735. The van der Waals surface area contributed by atoms with Gasteiger partial charge in [-0.3, -0.25) is 0 Å². The van der Waals surface area contributed by atoms with E-state index in [1.807, 2.05) is 11.8 Å². The largest absolute Gasteiger partial charge is 0.357 e. The first-order valence-electron chi connectivity index (χ1n) is 6.40. The number of unbranched alkanes of at least 4 members (excludes halogenated alkanes) is 1. The minimum absolute atomic E-state index is 0.762. The Morgan fingerprint density at radius 2 is 2.28 bits per heavy atom. The highest BCUT2D eigenvalue weighted by Crippen LogP contribution is 2.09. The number of rotatable bonds is 8. The molecule has 0 aliphatic rings. The third-order valence-corrected chi connectivity index (χ3v) is 3.94. The molecule has 0 spiro atoms. The Hall–Kier alpha value is -0.680. The van der Waals surface area contributed by atoms with E-state index >= 15 is 0 Å². The van der Waals surface area contributed by atoms with Gasteiger partial charge in [-0.1, -0.05) is 6.07 Å². The van der Waals surface area contributed by atoms with Gasteiger partial charge in [-0.2, -0.15) is 11.8 Å². The van der Waals surface area contributed by atoms with Crippen LogP contribution in [0.2, 0.25) is 0 Å². The van der Waals surface area contributed by atoms with Crippen molar-refractivity contribution in [1.29, 1.82) is 0 Å². The molecule has 102 valence electrons. The average molecular weight is 285 g/mol. The Kier molecular flexibility index (Phi) is 8.77. The Morgan fingerprint density at radius 3 is 2.94 bits per heavy atom. The van der Waals surface area contributed by atoms with E-state index in [2.05, 4.69) is 46.3 Å². The average Bonchev–Trinajstić information content (AvgIpc) is 2.88. The summed E-state index contributed by atoms with van der Waals surface area (Å²) >= 11 is 3.66. The molecule has 0 radical (unpaired) electrons. The van der Waals surface area contributed by atoms with Crippen LogP contribution in [0, 0.1) is 0 Å². The van der Waals surface area contributed by atoms with Crippen LogP contribution in [0.3, 0.4) is 0 Å². The van der Waals surface area contributed by atoms with Crippen molar-refractivity contribution in [3.63, 3.8) is 0 Å². The predicted molar refractivity (Wildman–Crippen MR) is 84.8 cm³/mol. The summed E-state index contributed by atoms with van der Waals surface area (Å²) in [6.07, 6.45) is 4.61. The van der Waals surface area contributed by atoms with Gasteiger partial charge in [0, 0.05) is 18.0 Å². The summed E-state index contributed by atoms with van der Waals surface area (Å²) in [6, 6.07) is 4.19. The quantitative estimate of drug-likeness (QED) is 0.438. The van der Waals surface area contributed by atoms with Crippen LogP contribution in [0.1, 0.15) is 24.6 Å². The standard InChI is InChI=1S/C13H23N3S2/c1-3-14-13(15-8-4-5-9-17-2)16-11-12-7-6-10-18-12/h6-7,10H,3-5,8-9,11H2,1-2H3,(H2,14,15,16). The van der Waals surface area contributed by atoms with Crippen LogP contribution in [0.4, 0.5) is 0 Å². The molecule has 0 atom stereocenters. The van der Waals surface area contributed by atoms with Crippen molar-refractivity contribution in [3.05, 3.63) is 22.4 Å². The summed E-state index contributed by atoms with van der Waals surface area (Å²) in [7, 11) is 0. The number of thiophene rings is 1. The summed E-state index contributed by atoms with van der Waals surface area (Å²) in [4.78, 5) is 5.87. The van der Waals surface area contributed by atoms with Gasteiger partial charge in [-0.25, -0.2) is 4.99 Å². The molecule has 18 heavy (non-hydrogen) atoms. The molecule has 0 bridgehead atoms. The van der Waals surface area contributed by atoms with Gasteiger partial charge >= 0.3 is 0 Å². The maximum Gasteiger partial charge on any atom is 0.191 e. The molecule has 1 rings (SSSR count). The summed E-state index contributed by atoms with van der Waals surface area (Å²) < 4.78 is 0. The van der Waals surface area contributed by atoms with E-state index in [1.54, 1.807) is 11.3 Å². The third-order valence-electron chi connectivity index (χ3n) is 2.39. The van der Waals surface area contributed by atoms with E-state index in [0.717, 1.165) is 25.6 Å². The van der Waals surface area contributed by atoms with E-state index in [9.17, 15) is 0 Å². The lowest BCUT2D eigenvalue weighted by Crippen LogP contribution is -2.37. The summed E-state index contributed by atoms with van der Waals surface area (Å²) in [5.41, 5.74) is 0. The fourth-order valence-corrected chi connectivity index (χ4v) is 2.60. The van der Waals surface area contributed by atoms with Crippen molar-refractivity contribution in [2.45, 2.75) is 26.3 Å². The zero-order valence-electron chi connectivity index (χ0n) is 11.2. The normalized spacial score (nSPS) is 11.6. The number of guanidine groups is 1.